The van der Waals surface area contributed by atoms with Crippen LogP contribution in [0.25, 0.3) is 11.4 Å². The van der Waals surface area contributed by atoms with Gasteiger partial charge in [-0.1, -0.05) is 15.9 Å². The summed E-state index contributed by atoms with van der Waals surface area (Å²) in [6.45, 7) is 0. The molecule has 0 amide bonds. The van der Waals surface area contributed by atoms with E-state index in [1.54, 1.807) is 30.5 Å². The summed E-state index contributed by atoms with van der Waals surface area (Å²) in [5.74, 6) is 0.516. The molecule has 0 saturated heterocycles. The van der Waals surface area contributed by atoms with Gasteiger partial charge in [-0.3, -0.25) is 0 Å². The summed E-state index contributed by atoms with van der Waals surface area (Å²) in [6, 6.07) is 9.45. The molecule has 0 aliphatic rings. The second kappa shape index (κ2) is 8.62. The second-order valence-corrected chi connectivity index (χ2v) is 5.91. The first-order chi connectivity index (χ1) is 12.0. The molecule has 1 aromatic heterocycles. The van der Waals surface area contributed by atoms with Crippen LogP contribution in [0, 0.1) is 11.6 Å². The fourth-order valence-electron chi connectivity index (χ4n) is 2.09. The molecule has 0 aliphatic carbocycles. The number of aromatic nitrogens is 2. The van der Waals surface area contributed by atoms with Gasteiger partial charge in [-0.25, -0.2) is 13.8 Å². The minimum Gasteiger partial charge on any atom is -0.494 e. The van der Waals surface area contributed by atoms with Gasteiger partial charge < -0.3 is 14.0 Å². The Kier molecular flexibility index (Phi) is 6.52. The van der Waals surface area contributed by atoms with Gasteiger partial charge in [-0.2, -0.15) is 0 Å². The minimum absolute atomic E-state index is 0.243. The number of ether oxygens (including phenoxy) is 2. The lowest BCUT2D eigenvalue weighted by atomic mass is 10.2. The van der Waals surface area contributed by atoms with E-state index in [-0.39, 0.29) is 23.1 Å². The molecule has 0 aliphatic heterocycles. The highest BCUT2D eigenvalue weighted by Crippen LogP contribution is 2.24. The van der Waals surface area contributed by atoms with Gasteiger partial charge in [0.05, 0.1) is 14.2 Å². The quantitative estimate of drug-likeness (QED) is 0.620. The lowest BCUT2D eigenvalue weighted by Crippen LogP contribution is -1.93. The van der Waals surface area contributed by atoms with Crippen molar-refractivity contribution in [2.75, 3.05) is 14.2 Å². The van der Waals surface area contributed by atoms with E-state index in [0.29, 0.717) is 4.47 Å². The van der Waals surface area contributed by atoms with Crippen molar-refractivity contribution in [3.63, 3.8) is 0 Å². The summed E-state index contributed by atoms with van der Waals surface area (Å²) >= 11 is 3.13. The molecule has 0 bridgehead atoms. The average molecular weight is 411 g/mol. The van der Waals surface area contributed by atoms with Gasteiger partial charge >= 0.3 is 0 Å². The predicted molar refractivity (Wildman–Crippen MR) is 95.8 cm³/mol. The van der Waals surface area contributed by atoms with Gasteiger partial charge in [-0.05, 0) is 36.4 Å². The molecule has 0 atom stereocenters. The van der Waals surface area contributed by atoms with Gasteiger partial charge in [0.1, 0.15) is 5.82 Å². The molecular weight excluding hydrogens is 394 g/mol. The Hall–Kier alpha value is -2.41. The molecule has 3 rings (SSSR count). The number of benzene rings is 2. The average Bonchev–Trinajstić information content (AvgIpc) is 3.01. The molecule has 0 unspecified atom stereocenters. The van der Waals surface area contributed by atoms with Crippen molar-refractivity contribution in [2.45, 2.75) is 0 Å². The summed E-state index contributed by atoms with van der Waals surface area (Å²) in [5, 5.41) is 0. The van der Waals surface area contributed by atoms with Crippen LogP contribution in [0.15, 0.2) is 53.3 Å². The molecule has 2 aromatic carbocycles. The van der Waals surface area contributed by atoms with Crippen molar-refractivity contribution in [2.24, 2.45) is 7.05 Å². The van der Waals surface area contributed by atoms with Crippen molar-refractivity contribution in [1.29, 1.82) is 0 Å². The van der Waals surface area contributed by atoms with Crippen molar-refractivity contribution < 1.29 is 18.3 Å². The molecular formula is C18H17BrF2N2O2. The van der Waals surface area contributed by atoms with E-state index in [0.717, 1.165) is 11.4 Å². The smallest absolute Gasteiger partial charge is 0.166 e. The second-order valence-electron chi connectivity index (χ2n) is 4.99. The zero-order valence-electron chi connectivity index (χ0n) is 14.0. The highest BCUT2D eigenvalue weighted by atomic mass is 79.9. The molecule has 7 heteroatoms. The lowest BCUT2D eigenvalue weighted by molar-refractivity contribution is 0.386. The molecule has 0 N–H and O–H groups in total. The number of rotatable bonds is 3. The number of nitrogens with zero attached hydrogens (tertiary/aromatic N) is 2. The van der Waals surface area contributed by atoms with Gasteiger partial charge in [0.2, 0.25) is 0 Å². The van der Waals surface area contributed by atoms with Crippen LogP contribution in [0.2, 0.25) is 0 Å². The first-order valence-electron chi connectivity index (χ1n) is 7.26. The summed E-state index contributed by atoms with van der Waals surface area (Å²) in [4.78, 5) is 4.14. The number of hydrogen-bond donors (Lipinski definition) is 0. The molecule has 1 heterocycles. The Morgan fingerprint density at radius 3 is 2.04 bits per heavy atom. The Morgan fingerprint density at radius 1 is 0.960 bits per heavy atom. The highest BCUT2D eigenvalue weighted by molar-refractivity contribution is 9.10. The summed E-state index contributed by atoms with van der Waals surface area (Å²) in [6.07, 6.45) is 3.49. The Bertz CT molecular complexity index is 853. The van der Waals surface area contributed by atoms with E-state index < -0.39 is 0 Å². The first kappa shape index (κ1) is 18.9. The predicted octanol–water partition coefficient (Wildman–Crippen LogP) is 4.83. The third kappa shape index (κ3) is 4.79. The number of methoxy groups -OCH3 is 2. The zero-order valence-corrected chi connectivity index (χ0v) is 15.5. The van der Waals surface area contributed by atoms with Gasteiger partial charge in [0.25, 0.3) is 0 Å². The number of halogens is 3. The lowest BCUT2D eigenvalue weighted by Gasteiger charge is -2.05. The Balaban J connectivity index is 0.000000196. The summed E-state index contributed by atoms with van der Waals surface area (Å²) in [5.41, 5.74) is 0.737. The van der Waals surface area contributed by atoms with Crippen LogP contribution in [-0.4, -0.2) is 23.8 Å². The van der Waals surface area contributed by atoms with Gasteiger partial charge in [0, 0.05) is 29.5 Å². The molecule has 0 radical (unpaired) electrons. The third-order valence-electron chi connectivity index (χ3n) is 3.35. The molecule has 3 aromatic rings. The van der Waals surface area contributed by atoms with E-state index in [9.17, 15) is 8.78 Å². The summed E-state index contributed by atoms with van der Waals surface area (Å²) < 4.78 is 38.2. The molecule has 25 heavy (non-hydrogen) atoms. The monoisotopic (exact) mass is 410 g/mol. The molecule has 0 spiro atoms. The fourth-order valence-corrected chi connectivity index (χ4v) is 2.42. The van der Waals surface area contributed by atoms with E-state index in [2.05, 4.69) is 20.9 Å². The minimum atomic E-state index is -0.377. The normalized spacial score (nSPS) is 10.0. The number of imidazole rings is 1. The first-order valence-corrected chi connectivity index (χ1v) is 8.05. The standard InChI is InChI=1S/C11H11FN2O.C7H6BrFO/c1-14-6-5-13-11(14)8-3-4-10(15-2)9(12)7-8;1-10-7-3-2-5(8)4-6(7)9/h3-7H,1-2H3;2-4H,1H3. The van der Waals surface area contributed by atoms with Gasteiger partial charge in [0.15, 0.2) is 23.1 Å². The summed E-state index contributed by atoms with van der Waals surface area (Å²) in [7, 11) is 4.75. The van der Waals surface area contributed by atoms with E-state index in [1.807, 2.05) is 17.8 Å². The maximum Gasteiger partial charge on any atom is 0.166 e. The number of hydrogen-bond acceptors (Lipinski definition) is 3. The Morgan fingerprint density at radius 2 is 1.56 bits per heavy atom. The van der Waals surface area contributed by atoms with E-state index >= 15 is 0 Å². The fraction of sp³-hybridized carbons (Fsp3) is 0.167. The molecule has 0 fully saturated rings. The van der Waals surface area contributed by atoms with Crippen LogP contribution in [-0.2, 0) is 7.05 Å². The Labute approximate surface area is 153 Å². The van der Waals surface area contributed by atoms with Crippen LogP contribution >= 0.6 is 15.9 Å². The maximum atomic E-state index is 13.4. The van der Waals surface area contributed by atoms with Crippen LogP contribution in [0.1, 0.15) is 0 Å². The van der Waals surface area contributed by atoms with Crippen molar-refractivity contribution in [1.82, 2.24) is 9.55 Å². The van der Waals surface area contributed by atoms with Crippen LogP contribution in [0.4, 0.5) is 8.78 Å². The van der Waals surface area contributed by atoms with Crippen molar-refractivity contribution in [3.8, 4) is 22.9 Å². The van der Waals surface area contributed by atoms with Crippen LogP contribution in [0.3, 0.4) is 0 Å². The molecule has 132 valence electrons. The number of aryl methyl sites for hydroxylation is 1. The van der Waals surface area contributed by atoms with E-state index in [4.69, 9.17) is 9.47 Å². The topological polar surface area (TPSA) is 36.3 Å². The maximum absolute atomic E-state index is 13.4. The zero-order chi connectivity index (χ0) is 18.4. The molecule has 4 nitrogen and oxygen atoms in total. The van der Waals surface area contributed by atoms with Crippen molar-refractivity contribution in [3.05, 3.63) is 64.9 Å². The van der Waals surface area contributed by atoms with Crippen LogP contribution in [0.5, 0.6) is 11.5 Å². The van der Waals surface area contributed by atoms with Crippen molar-refractivity contribution >= 4 is 15.9 Å². The van der Waals surface area contributed by atoms with Crippen LogP contribution < -0.4 is 9.47 Å². The van der Waals surface area contributed by atoms with Gasteiger partial charge in [-0.15, -0.1) is 0 Å². The molecule has 0 saturated carbocycles. The largest absolute Gasteiger partial charge is 0.494 e. The third-order valence-corrected chi connectivity index (χ3v) is 3.84. The highest BCUT2D eigenvalue weighted by Gasteiger charge is 2.07. The van der Waals surface area contributed by atoms with E-state index in [1.165, 1.54) is 26.4 Å². The SMILES string of the molecule is COc1ccc(-c2nccn2C)cc1F.COc1ccc(Br)cc1F.